The smallest absolute Gasteiger partial charge is 0.142 e. The zero-order chi connectivity index (χ0) is 14.3. The van der Waals surface area contributed by atoms with Crippen LogP contribution in [0.15, 0.2) is 36.7 Å². The standard InChI is InChI=1S/C15H9ClF2N2/c1-8-14(16)12-5-10(17)2-3-13(12)20-15(8)9-4-11(18)7-19-6-9/h2-7H,1H3. The highest BCUT2D eigenvalue weighted by atomic mass is 35.5. The van der Waals surface area contributed by atoms with Crippen LogP contribution in [-0.2, 0) is 0 Å². The molecule has 0 aliphatic rings. The molecule has 0 saturated carbocycles. The van der Waals surface area contributed by atoms with E-state index in [-0.39, 0.29) is 5.82 Å². The molecule has 5 heteroatoms. The van der Waals surface area contributed by atoms with E-state index in [4.69, 9.17) is 11.6 Å². The van der Waals surface area contributed by atoms with E-state index in [0.717, 1.165) is 6.20 Å². The molecule has 3 aromatic rings. The Kier molecular flexibility index (Phi) is 3.10. The van der Waals surface area contributed by atoms with Gasteiger partial charge in [0.25, 0.3) is 0 Å². The first-order valence-corrected chi connectivity index (χ1v) is 6.30. The summed E-state index contributed by atoms with van der Waals surface area (Å²) in [6, 6.07) is 5.54. The first kappa shape index (κ1) is 12.9. The third-order valence-electron chi connectivity index (χ3n) is 3.09. The van der Waals surface area contributed by atoms with E-state index in [2.05, 4.69) is 9.97 Å². The summed E-state index contributed by atoms with van der Waals surface area (Å²) in [4.78, 5) is 8.24. The molecule has 0 spiro atoms. The second-order valence-corrected chi connectivity index (χ2v) is 4.83. The second-order valence-electron chi connectivity index (χ2n) is 4.45. The molecule has 2 aromatic heterocycles. The lowest BCUT2D eigenvalue weighted by Crippen LogP contribution is -1.94. The molecule has 2 nitrogen and oxygen atoms in total. The van der Waals surface area contributed by atoms with E-state index < -0.39 is 5.82 Å². The van der Waals surface area contributed by atoms with Crippen LogP contribution < -0.4 is 0 Å². The van der Waals surface area contributed by atoms with Crippen molar-refractivity contribution in [3.05, 3.63) is 58.9 Å². The summed E-state index contributed by atoms with van der Waals surface area (Å²) < 4.78 is 26.6. The Bertz CT molecular complexity index is 818. The summed E-state index contributed by atoms with van der Waals surface area (Å²) in [6.45, 7) is 1.76. The Hall–Kier alpha value is -2.07. The summed E-state index contributed by atoms with van der Waals surface area (Å²) in [7, 11) is 0. The number of pyridine rings is 2. The second kappa shape index (κ2) is 4.80. The predicted molar refractivity (Wildman–Crippen MR) is 74.6 cm³/mol. The van der Waals surface area contributed by atoms with Crippen LogP contribution in [0, 0.1) is 18.6 Å². The zero-order valence-corrected chi connectivity index (χ0v) is 11.2. The molecule has 0 fully saturated rings. The number of hydrogen-bond acceptors (Lipinski definition) is 2. The van der Waals surface area contributed by atoms with Crippen LogP contribution in [0.4, 0.5) is 8.78 Å². The van der Waals surface area contributed by atoms with Gasteiger partial charge in [-0.2, -0.15) is 0 Å². The van der Waals surface area contributed by atoms with Gasteiger partial charge in [0.1, 0.15) is 11.6 Å². The van der Waals surface area contributed by atoms with Crippen LogP contribution in [-0.4, -0.2) is 9.97 Å². The molecule has 100 valence electrons. The predicted octanol–water partition coefficient (Wildman–Crippen LogP) is 4.54. The van der Waals surface area contributed by atoms with Crippen LogP contribution in [0.3, 0.4) is 0 Å². The minimum absolute atomic E-state index is 0.374. The lowest BCUT2D eigenvalue weighted by molar-refractivity contribution is 0.622. The maximum absolute atomic E-state index is 13.3. The first-order chi connectivity index (χ1) is 9.56. The van der Waals surface area contributed by atoms with E-state index in [1.807, 2.05) is 0 Å². The summed E-state index contributed by atoms with van der Waals surface area (Å²) in [5.74, 6) is -0.820. The van der Waals surface area contributed by atoms with Crippen molar-refractivity contribution in [2.24, 2.45) is 0 Å². The minimum atomic E-state index is -0.445. The zero-order valence-electron chi connectivity index (χ0n) is 10.5. The molecule has 0 N–H and O–H groups in total. The highest BCUT2D eigenvalue weighted by Crippen LogP contribution is 2.33. The maximum atomic E-state index is 13.3. The molecule has 0 aliphatic heterocycles. The highest BCUT2D eigenvalue weighted by Gasteiger charge is 2.13. The van der Waals surface area contributed by atoms with Crippen molar-refractivity contribution < 1.29 is 8.78 Å². The normalized spacial score (nSPS) is 11.0. The fourth-order valence-corrected chi connectivity index (χ4v) is 2.36. The lowest BCUT2D eigenvalue weighted by Gasteiger charge is -2.10. The number of hydrogen-bond donors (Lipinski definition) is 0. The van der Waals surface area contributed by atoms with E-state index in [0.29, 0.717) is 32.7 Å². The van der Waals surface area contributed by atoms with Crippen LogP contribution in [0.1, 0.15) is 5.56 Å². The fourth-order valence-electron chi connectivity index (χ4n) is 2.11. The Morgan fingerprint density at radius 1 is 1.05 bits per heavy atom. The van der Waals surface area contributed by atoms with Crippen molar-refractivity contribution in [2.75, 3.05) is 0 Å². The van der Waals surface area contributed by atoms with Crippen LogP contribution in [0.5, 0.6) is 0 Å². The Morgan fingerprint density at radius 2 is 1.85 bits per heavy atom. The summed E-state index contributed by atoms with van der Waals surface area (Å²) in [5, 5.41) is 0.950. The van der Waals surface area contributed by atoms with Gasteiger partial charge in [0.15, 0.2) is 0 Å². The molecule has 20 heavy (non-hydrogen) atoms. The fraction of sp³-hybridized carbons (Fsp3) is 0.0667. The highest BCUT2D eigenvalue weighted by molar-refractivity contribution is 6.36. The van der Waals surface area contributed by atoms with E-state index >= 15 is 0 Å². The minimum Gasteiger partial charge on any atom is -0.261 e. The monoisotopic (exact) mass is 290 g/mol. The molecular formula is C15H9ClF2N2. The van der Waals surface area contributed by atoms with Crippen LogP contribution in [0.25, 0.3) is 22.2 Å². The van der Waals surface area contributed by atoms with Crippen LogP contribution in [0.2, 0.25) is 5.02 Å². The number of benzene rings is 1. The Balaban J connectivity index is 2.32. The molecule has 0 aliphatic carbocycles. The molecule has 0 bridgehead atoms. The van der Waals surface area contributed by atoms with Gasteiger partial charge in [-0.3, -0.25) is 4.98 Å². The summed E-state index contributed by atoms with van der Waals surface area (Å²) >= 11 is 6.27. The largest absolute Gasteiger partial charge is 0.261 e. The van der Waals surface area contributed by atoms with Crippen molar-refractivity contribution in [3.8, 4) is 11.3 Å². The van der Waals surface area contributed by atoms with Gasteiger partial charge < -0.3 is 0 Å². The lowest BCUT2D eigenvalue weighted by atomic mass is 10.1. The average Bonchev–Trinajstić information content (AvgIpc) is 2.43. The molecule has 0 unspecified atom stereocenters. The molecule has 0 atom stereocenters. The van der Waals surface area contributed by atoms with Gasteiger partial charge >= 0.3 is 0 Å². The molecule has 0 saturated heterocycles. The van der Waals surface area contributed by atoms with Gasteiger partial charge in [0.05, 0.1) is 22.4 Å². The van der Waals surface area contributed by atoms with Crippen molar-refractivity contribution in [3.63, 3.8) is 0 Å². The third kappa shape index (κ3) is 2.12. The molecule has 2 heterocycles. The average molecular weight is 291 g/mol. The van der Waals surface area contributed by atoms with E-state index in [1.54, 1.807) is 13.0 Å². The SMILES string of the molecule is Cc1c(-c2cncc(F)c2)nc2ccc(F)cc2c1Cl. The number of nitrogens with zero attached hydrogens (tertiary/aromatic N) is 2. The number of fused-ring (bicyclic) bond motifs is 1. The third-order valence-corrected chi connectivity index (χ3v) is 3.58. The van der Waals surface area contributed by atoms with Crippen molar-refractivity contribution >= 4 is 22.5 Å². The Morgan fingerprint density at radius 3 is 2.60 bits per heavy atom. The van der Waals surface area contributed by atoms with Gasteiger partial charge in [-0.15, -0.1) is 0 Å². The Labute approximate surface area is 119 Å². The molecule has 0 radical (unpaired) electrons. The quantitative estimate of drug-likeness (QED) is 0.658. The maximum Gasteiger partial charge on any atom is 0.142 e. The van der Waals surface area contributed by atoms with E-state index in [1.165, 1.54) is 24.4 Å². The van der Waals surface area contributed by atoms with Gasteiger partial charge in [-0.1, -0.05) is 11.6 Å². The van der Waals surface area contributed by atoms with Crippen molar-refractivity contribution in [1.29, 1.82) is 0 Å². The van der Waals surface area contributed by atoms with Crippen LogP contribution >= 0.6 is 11.6 Å². The molecule has 1 aromatic carbocycles. The topological polar surface area (TPSA) is 25.8 Å². The van der Waals surface area contributed by atoms with Gasteiger partial charge in [0.2, 0.25) is 0 Å². The van der Waals surface area contributed by atoms with Gasteiger partial charge in [-0.25, -0.2) is 13.8 Å². The van der Waals surface area contributed by atoms with Gasteiger partial charge in [0, 0.05) is 17.1 Å². The van der Waals surface area contributed by atoms with E-state index in [9.17, 15) is 8.78 Å². The number of rotatable bonds is 1. The van der Waals surface area contributed by atoms with Crippen molar-refractivity contribution in [2.45, 2.75) is 6.92 Å². The molecule has 0 amide bonds. The summed E-state index contributed by atoms with van der Waals surface area (Å²) in [6.07, 6.45) is 2.64. The molecular weight excluding hydrogens is 282 g/mol. The first-order valence-electron chi connectivity index (χ1n) is 5.92. The van der Waals surface area contributed by atoms with Gasteiger partial charge in [-0.05, 0) is 36.8 Å². The summed E-state index contributed by atoms with van der Waals surface area (Å²) in [5.41, 5.74) is 2.30. The number of halogens is 3. The van der Waals surface area contributed by atoms with Crippen molar-refractivity contribution in [1.82, 2.24) is 9.97 Å². The number of aromatic nitrogens is 2. The molecule has 3 rings (SSSR count).